The minimum Gasteiger partial charge on any atom is -1.00 e. The Balaban J connectivity index is 0.000000149. The molecule has 6 aromatic carbocycles. The molecule has 2 heterocycles. The molecule has 0 nitrogen and oxygen atoms in total. The molecule has 2 aliphatic rings. The zero-order chi connectivity index (χ0) is 27.6. The standard InChI is InChI=1S/2C20H16P.2ClH.Ti/c2*1-2-7-15-13-16(12-14(15)6-1)21-19-10-4-3-8-17(19)18-9-5-11-20(18)21;;;/h2*1-4,6-8,10,12-13H,5,9,11H2;2*1H;/q2*-1;;;+4/p-2. The van der Waals surface area contributed by atoms with Crippen LogP contribution in [0.2, 0.25) is 0 Å². The molecule has 10 rings (SSSR count). The zero-order valence-electron chi connectivity index (χ0n) is 24.9. The van der Waals surface area contributed by atoms with Crippen LogP contribution in [-0.2, 0) is 47.4 Å². The van der Waals surface area contributed by atoms with Crippen molar-refractivity contribution >= 4 is 57.6 Å². The van der Waals surface area contributed by atoms with E-state index in [4.69, 9.17) is 0 Å². The third-order valence-corrected chi connectivity index (χ3v) is 14.9. The molecular weight excluding hydrogens is 661 g/mol. The van der Waals surface area contributed by atoms with E-state index < -0.39 is 0 Å². The average molecular weight is 693 g/mol. The topological polar surface area (TPSA) is 0 Å². The second kappa shape index (κ2) is 13.3. The molecule has 5 heteroatoms. The predicted octanol–water partition coefficient (Wildman–Crippen LogP) is 6.36. The van der Waals surface area contributed by atoms with E-state index in [1.807, 2.05) is 0 Å². The van der Waals surface area contributed by atoms with Crippen LogP contribution in [0.4, 0.5) is 0 Å². The van der Waals surface area contributed by atoms with Crippen LogP contribution in [0, 0.1) is 0 Å². The first-order valence-electron chi connectivity index (χ1n) is 15.4. The van der Waals surface area contributed by atoms with E-state index in [2.05, 4.69) is 121 Å². The summed E-state index contributed by atoms with van der Waals surface area (Å²) in [5, 5.41) is 18.4. The summed E-state index contributed by atoms with van der Waals surface area (Å²) < 4.78 is 0. The van der Waals surface area contributed by atoms with Crippen molar-refractivity contribution in [3.63, 3.8) is 0 Å². The first-order chi connectivity index (χ1) is 20.8. The molecule has 8 aromatic rings. The predicted molar refractivity (Wildman–Crippen MR) is 186 cm³/mol. The van der Waals surface area contributed by atoms with Gasteiger partial charge >= 0.3 is 21.7 Å². The molecule has 0 saturated heterocycles. The second-order valence-corrected chi connectivity index (χ2v) is 16.4. The van der Waals surface area contributed by atoms with Gasteiger partial charge in [-0.1, -0.05) is 71.3 Å². The van der Waals surface area contributed by atoms with Crippen molar-refractivity contribution in [3.05, 3.63) is 143 Å². The molecule has 0 N–H and O–H groups in total. The third kappa shape index (κ3) is 5.39. The third-order valence-electron chi connectivity index (χ3n) is 9.58. The summed E-state index contributed by atoms with van der Waals surface area (Å²) in [7, 11) is -0.527. The molecule has 2 aromatic heterocycles. The number of rotatable bonds is 2. The van der Waals surface area contributed by atoms with Gasteiger partial charge in [-0.05, 0) is 71.0 Å². The van der Waals surface area contributed by atoms with Crippen molar-refractivity contribution in [3.8, 4) is 10.6 Å². The molecule has 0 amide bonds. The molecule has 0 aliphatic heterocycles. The van der Waals surface area contributed by atoms with Crippen LogP contribution >= 0.6 is 15.1 Å². The van der Waals surface area contributed by atoms with Gasteiger partial charge < -0.3 is 24.8 Å². The van der Waals surface area contributed by atoms with E-state index in [1.165, 1.54) is 60.1 Å². The molecule has 2 unspecified atom stereocenters. The number of fused-ring (bicyclic) bond motifs is 8. The van der Waals surface area contributed by atoms with E-state index in [9.17, 15) is 0 Å². The summed E-state index contributed by atoms with van der Waals surface area (Å²) in [6.45, 7) is 0. The Kier molecular flexibility index (Phi) is 9.58. The maximum atomic E-state index is 2.42. The van der Waals surface area contributed by atoms with E-state index in [0.29, 0.717) is 0 Å². The number of aryl methyl sites for hydroxylation is 2. The van der Waals surface area contributed by atoms with Crippen molar-refractivity contribution < 1.29 is 46.5 Å². The van der Waals surface area contributed by atoms with Gasteiger partial charge in [-0.2, -0.15) is 12.1 Å². The van der Waals surface area contributed by atoms with Crippen LogP contribution in [0.3, 0.4) is 0 Å². The maximum absolute atomic E-state index is 2.42. The molecule has 45 heavy (non-hydrogen) atoms. The molecule has 2 atom stereocenters. The average Bonchev–Trinajstić information content (AvgIpc) is 3.86. The molecule has 0 fully saturated rings. The van der Waals surface area contributed by atoms with Crippen molar-refractivity contribution in [1.29, 1.82) is 0 Å². The summed E-state index contributed by atoms with van der Waals surface area (Å²) in [4.78, 5) is 0. The largest absolute Gasteiger partial charge is 4.00 e. The number of hydrogen-bond acceptors (Lipinski definition) is 0. The van der Waals surface area contributed by atoms with Crippen molar-refractivity contribution in [2.24, 2.45) is 0 Å². The van der Waals surface area contributed by atoms with E-state index in [1.54, 1.807) is 53.3 Å². The Labute approximate surface area is 294 Å². The smallest absolute Gasteiger partial charge is 1.00 e. The molecule has 0 saturated carbocycles. The number of benzene rings is 4. The van der Waals surface area contributed by atoms with Gasteiger partial charge in [-0.25, -0.2) is 0 Å². The fraction of sp³-hybridized carbons (Fsp3) is 0.150. The van der Waals surface area contributed by atoms with Gasteiger partial charge in [0.25, 0.3) is 0 Å². The minimum absolute atomic E-state index is 0. The summed E-state index contributed by atoms with van der Waals surface area (Å²) in [5.41, 5.74) is 3.34. The van der Waals surface area contributed by atoms with E-state index in [0.717, 1.165) is 0 Å². The van der Waals surface area contributed by atoms with Gasteiger partial charge in [0.05, 0.1) is 0 Å². The Morgan fingerprint density at radius 3 is 1.31 bits per heavy atom. The van der Waals surface area contributed by atoms with Gasteiger partial charge in [0.15, 0.2) is 0 Å². The summed E-state index contributed by atoms with van der Waals surface area (Å²) >= 11 is 0. The molecule has 0 radical (unpaired) electrons. The van der Waals surface area contributed by atoms with Crippen LogP contribution in [0.5, 0.6) is 0 Å². The first-order valence-corrected chi connectivity index (χ1v) is 18.1. The fourth-order valence-corrected chi connectivity index (χ4v) is 13.8. The number of hydrogen-bond donors (Lipinski definition) is 0. The van der Waals surface area contributed by atoms with Crippen LogP contribution in [0.1, 0.15) is 34.6 Å². The second-order valence-electron chi connectivity index (χ2n) is 11.9. The quantitative estimate of drug-likeness (QED) is 0.146. The fourth-order valence-electron chi connectivity index (χ4n) is 7.78. The monoisotopic (exact) mass is 692 g/mol. The maximum Gasteiger partial charge on any atom is 4.00 e. The Hall–Kier alpha value is -2.53. The van der Waals surface area contributed by atoms with Gasteiger partial charge in [-0.15, -0.1) is 85.1 Å². The van der Waals surface area contributed by atoms with Crippen molar-refractivity contribution in [2.45, 2.75) is 38.5 Å². The van der Waals surface area contributed by atoms with Crippen LogP contribution < -0.4 is 24.8 Å². The molecule has 0 bridgehead atoms. The van der Waals surface area contributed by atoms with Crippen LogP contribution in [0.25, 0.3) is 53.2 Å². The van der Waals surface area contributed by atoms with E-state index >= 15 is 0 Å². The van der Waals surface area contributed by atoms with E-state index in [-0.39, 0.29) is 61.6 Å². The van der Waals surface area contributed by atoms with Gasteiger partial charge in [0, 0.05) is 10.2 Å². The molecule has 220 valence electrons. The summed E-state index contributed by atoms with van der Waals surface area (Å²) in [6, 6.07) is 45.4. The molecule has 2 aliphatic carbocycles. The Morgan fingerprint density at radius 2 is 0.867 bits per heavy atom. The Morgan fingerprint density at radius 1 is 0.467 bits per heavy atom. The normalized spacial score (nSPS) is 14.0. The Bertz CT molecular complexity index is 2050. The van der Waals surface area contributed by atoms with Gasteiger partial charge in [-0.3, -0.25) is 0 Å². The number of halogens is 2. The zero-order valence-corrected chi connectivity index (χ0v) is 29.8. The SMILES string of the molecule is [Cl-].[Cl-].[Ti+4].c1ccc2[cH-]c(-p3c4c(c5ccccc53)CCC4)cc2c1.c1ccc2[cH-]c(-p3c4c(c5ccccc53)CCC4)cc2c1. The van der Waals surface area contributed by atoms with Crippen molar-refractivity contribution in [2.75, 3.05) is 0 Å². The minimum atomic E-state index is -0.264. The van der Waals surface area contributed by atoms with Gasteiger partial charge in [0.1, 0.15) is 0 Å². The molecular formula is C40H32Cl2P2Ti. The molecule has 0 spiro atoms. The van der Waals surface area contributed by atoms with Gasteiger partial charge in [0.2, 0.25) is 0 Å². The van der Waals surface area contributed by atoms with Crippen molar-refractivity contribution in [1.82, 2.24) is 0 Å². The summed E-state index contributed by atoms with van der Waals surface area (Å²) in [6.07, 6.45) is 7.86. The first kappa shape index (κ1) is 32.4. The summed E-state index contributed by atoms with van der Waals surface area (Å²) in [5.74, 6) is 0. The van der Waals surface area contributed by atoms with Crippen LogP contribution in [0.15, 0.2) is 121 Å². The van der Waals surface area contributed by atoms with Crippen LogP contribution in [-0.4, -0.2) is 0 Å².